The number of quaternary nitrogens is 1. The quantitative estimate of drug-likeness (QED) is 0.533. The Hall–Kier alpha value is -2.76. The molecule has 0 spiro atoms. The van der Waals surface area contributed by atoms with Crippen LogP contribution in [0.1, 0.15) is 38.3 Å². The molecule has 0 radical (unpaired) electrons. The number of rotatable bonds is 8. The molecule has 0 saturated carbocycles. The third-order valence-corrected chi connectivity index (χ3v) is 5.00. The second kappa shape index (κ2) is 8.72. The standard InChI is InChI=1S/C24H30N4O/c1-24(2,3)27-15-10-16-28(17-21(25)29)18-26-22(19-11-6-4-7-12-19)23(28)20-13-8-5-9-14-20/h4-9,11-14,18,27H,10,15-17H2,1-3H3,(H-,25,29)/p+1. The lowest BCUT2D eigenvalue weighted by molar-refractivity contribution is -0.749. The van der Waals surface area contributed by atoms with Crippen LogP contribution < -0.4 is 11.1 Å². The van der Waals surface area contributed by atoms with Crippen molar-refractivity contribution in [2.45, 2.75) is 32.7 Å². The maximum absolute atomic E-state index is 12.1. The molecule has 1 amide bonds. The van der Waals surface area contributed by atoms with Crippen LogP contribution >= 0.6 is 0 Å². The summed E-state index contributed by atoms with van der Waals surface area (Å²) in [6.45, 7) is 8.26. The minimum Gasteiger partial charge on any atom is -0.365 e. The molecule has 3 rings (SSSR count). The summed E-state index contributed by atoms with van der Waals surface area (Å²) in [5.74, 6) is -0.331. The molecular weight excluding hydrogens is 360 g/mol. The Kier molecular flexibility index (Phi) is 6.30. The number of aliphatic imine (C=N–C) groups is 1. The molecule has 0 aliphatic carbocycles. The van der Waals surface area contributed by atoms with E-state index in [9.17, 15) is 4.79 Å². The van der Waals surface area contributed by atoms with Crippen LogP contribution in [-0.2, 0) is 4.79 Å². The highest BCUT2D eigenvalue weighted by Crippen LogP contribution is 2.39. The van der Waals surface area contributed by atoms with Crippen LogP contribution in [0.4, 0.5) is 0 Å². The van der Waals surface area contributed by atoms with Gasteiger partial charge in [-0.3, -0.25) is 4.79 Å². The summed E-state index contributed by atoms with van der Waals surface area (Å²) >= 11 is 0. The highest BCUT2D eigenvalue weighted by molar-refractivity contribution is 5.96. The van der Waals surface area contributed by atoms with E-state index >= 15 is 0 Å². The number of nitrogens with zero attached hydrogens (tertiary/aromatic N) is 2. The lowest BCUT2D eigenvalue weighted by Gasteiger charge is -2.32. The van der Waals surface area contributed by atoms with Crippen LogP contribution in [0.5, 0.6) is 0 Å². The van der Waals surface area contributed by atoms with Crippen molar-refractivity contribution < 1.29 is 9.28 Å². The van der Waals surface area contributed by atoms with Gasteiger partial charge >= 0.3 is 0 Å². The summed E-state index contributed by atoms with van der Waals surface area (Å²) in [6, 6.07) is 20.3. The summed E-state index contributed by atoms with van der Waals surface area (Å²) in [5, 5.41) is 3.53. The first kappa shape index (κ1) is 21.0. The van der Waals surface area contributed by atoms with Crippen molar-refractivity contribution >= 4 is 23.6 Å². The molecule has 3 N–H and O–H groups in total. The van der Waals surface area contributed by atoms with E-state index in [2.05, 4.69) is 50.4 Å². The third kappa shape index (κ3) is 5.19. The van der Waals surface area contributed by atoms with Gasteiger partial charge in [0.05, 0.1) is 6.54 Å². The van der Waals surface area contributed by atoms with Gasteiger partial charge in [-0.2, -0.15) is 4.99 Å². The normalized spacial score (nSPS) is 19.0. The van der Waals surface area contributed by atoms with Gasteiger partial charge in [0.25, 0.3) is 5.91 Å². The smallest absolute Gasteiger partial charge is 0.273 e. The number of nitrogens with two attached hydrogens (primary N) is 1. The van der Waals surface area contributed by atoms with Crippen molar-refractivity contribution in [3.05, 3.63) is 71.8 Å². The van der Waals surface area contributed by atoms with Crippen LogP contribution in [0.25, 0.3) is 11.4 Å². The van der Waals surface area contributed by atoms with Gasteiger partial charge in [-0.05, 0) is 32.9 Å². The molecule has 1 atom stereocenters. The van der Waals surface area contributed by atoms with Gasteiger partial charge in [0.15, 0.2) is 18.6 Å². The van der Waals surface area contributed by atoms with E-state index in [0.29, 0.717) is 4.48 Å². The molecule has 1 aliphatic heterocycles. The van der Waals surface area contributed by atoms with Crippen LogP contribution in [-0.4, -0.2) is 41.9 Å². The van der Waals surface area contributed by atoms with E-state index in [1.165, 1.54) is 0 Å². The zero-order chi connectivity index (χ0) is 20.9. The highest BCUT2D eigenvalue weighted by Gasteiger charge is 2.41. The van der Waals surface area contributed by atoms with Gasteiger partial charge in [0.1, 0.15) is 5.70 Å². The molecule has 1 unspecified atom stereocenters. The van der Waals surface area contributed by atoms with Crippen molar-refractivity contribution in [1.82, 2.24) is 5.32 Å². The SMILES string of the molecule is CC(C)(C)NCCC[N+]1(CC(N)=O)C=NC(c2ccccc2)=C1c1ccccc1. The van der Waals surface area contributed by atoms with Crippen molar-refractivity contribution in [3.63, 3.8) is 0 Å². The molecule has 152 valence electrons. The molecule has 0 saturated heterocycles. The second-order valence-electron chi connectivity index (χ2n) is 8.59. The number of nitrogens with one attached hydrogen (secondary N) is 1. The summed E-state index contributed by atoms with van der Waals surface area (Å²) in [7, 11) is 0. The maximum atomic E-state index is 12.1. The fourth-order valence-corrected chi connectivity index (χ4v) is 3.77. The third-order valence-electron chi connectivity index (χ3n) is 5.00. The number of primary amides is 1. The molecule has 2 aromatic carbocycles. The molecule has 29 heavy (non-hydrogen) atoms. The van der Waals surface area contributed by atoms with Gasteiger partial charge < -0.3 is 11.1 Å². The van der Waals surface area contributed by atoms with E-state index in [-0.39, 0.29) is 18.0 Å². The first-order valence-electron chi connectivity index (χ1n) is 10.1. The first-order chi connectivity index (χ1) is 13.8. The van der Waals surface area contributed by atoms with Gasteiger partial charge in [-0.1, -0.05) is 48.5 Å². The van der Waals surface area contributed by atoms with Crippen molar-refractivity contribution in [2.75, 3.05) is 19.6 Å². The van der Waals surface area contributed by atoms with Crippen LogP contribution in [0.2, 0.25) is 0 Å². The molecule has 1 heterocycles. The van der Waals surface area contributed by atoms with Crippen LogP contribution in [0.15, 0.2) is 65.7 Å². The first-order valence-corrected chi connectivity index (χ1v) is 10.1. The molecule has 0 aromatic heterocycles. The van der Waals surface area contributed by atoms with Crippen molar-refractivity contribution in [3.8, 4) is 0 Å². The van der Waals surface area contributed by atoms with Crippen molar-refractivity contribution in [1.29, 1.82) is 0 Å². The van der Waals surface area contributed by atoms with Gasteiger partial charge in [-0.25, -0.2) is 4.48 Å². The lowest BCUT2D eigenvalue weighted by atomic mass is 10.0. The zero-order valence-corrected chi connectivity index (χ0v) is 17.6. The Bertz CT molecular complexity index is 897. The number of hydrogen-bond donors (Lipinski definition) is 2. The Morgan fingerprint density at radius 2 is 1.59 bits per heavy atom. The lowest BCUT2D eigenvalue weighted by Crippen LogP contribution is -2.50. The summed E-state index contributed by atoms with van der Waals surface area (Å²) in [5.41, 5.74) is 9.80. The van der Waals surface area contributed by atoms with Gasteiger partial charge in [-0.15, -0.1) is 0 Å². The predicted octanol–water partition coefficient (Wildman–Crippen LogP) is 3.63. The zero-order valence-electron chi connectivity index (χ0n) is 17.6. The molecule has 0 bridgehead atoms. The summed E-state index contributed by atoms with van der Waals surface area (Å²) < 4.78 is 0.343. The average molecular weight is 392 g/mol. The van der Waals surface area contributed by atoms with Gasteiger partial charge in [0, 0.05) is 29.6 Å². The Balaban J connectivity index is 2.02. The minimum atomic E-state index is -0.331. The predicted molar refractivity (Wildman–Crippen MR) is 120 cm³/mol. The Labute approximate surface area is 173 Å². The monoisotopic (exact) mass is 391 g/mol. The van der Waals surface area contributed by atoms with E-state index < -0.39 is 0 Å². The van der Waals surface area contributed by atoms with E-state index in [1.807, 2.05) is 42.7 Å². The molecule has 1 aliphatic rings. The van der Waals surface area contributed by atoms with E-state index in [1.54, 1.807) is 0 Å². The second-order valence-corrected chi connectivity index (χ2v) is 8.59. The Morgan fingerprint density at radius 3 is 2.14 bits per heavy atom. The molecule has 5 heteroatoms. The average Bonchev–Trinajstić information content (AvgIpc) is 3.04. The molecule has 0 fully saturated rings. The topological polar surface area (TPSA) is 67.5 Å². The summed E-state index contributed by atoms with van der Waals surface area (Å²) in [4.78, 5) is 16.9. The summed E-state index contributed by atoms with van der Waals surface area (Å²) in [6.07, 6.45) is 2.79. The van der Waals surface area contributed by atoms with E-state index in [0.717, 1.165) is 42.0 Å². The minimum absolute atomic E-state index is 0.0565. The largest absolute Gasteiger partial charge is 0.365 e. The molecular formula is C24H31N4O+. The number of carbonyl (C=O) groups is 1. The Morgan fingerprint density at radius 1 is 1.00 bits per heavy atom. The van der Waals surface area contributed by atoms with Gasteiger partial charge in [0.2, 0.25) is 0 Å². The number of carbonyl (C=O) groups excluding carboxylic acids is 1. The molecule has 2 aromatic rings. The number of benzene rings is 2. The fourth-order valence-electron chi connectivity index (χ4n) is 3.77. The highest BCUT2D eigenvalue weighted by atomic mass is 16.1. The fraction of sp³-hybridized carbons (Fsp3) is 0.333. The van der Waals surface area contributed by atoms with Crippen LogP contribution in [0, 0.1) is 0 Å². The van der Waals surface area contributed by atoms with Crippen LogP contribution in [0.3, 0.4) is 0 Å². The van der Waals surface area contributed by atoms with E-state index in [4.69, 9.17) is 10.7 Å². The maximum Gasteiger partial charge on any atom is 0.273 e. The molecule has 5 nitrogen and oxygen atoms in total. The number of amides is 1. The van der Waals surface area contributed by atoms with Crippen molar-refractivity contribution in [2.24, 2.45) is 10.7 Å². The number of hydrogen-bond acceptors (Lipinski definition) is 3.